The molecule has 1 N–H and O–H groups in total. The molecule has 0 bridgehead atoms. The van der Waals surface area contributed by atoms with Gasteiger partial charge in [0.05, 0.1) is 0 Å². The van der Waals surface area contributed by atoms with E-state index in [4.69, 9.17) is 0 Å². The number of hydrogen-bond donors (Lipinski definition) is 1. The Labute approximate surface area is 137 Å². The fraction of sp³-hybridized carbons (Fsp3) is 0.368. The monoisotopic (exact) mass is 314 g/mol. The van der Waals surface area contributed by atoms with Crippen molar-refractivity contribution >= 4 is 5.91 Å². The van der Waals surface area contributed by atoms with Gasteiger partial charge >= 0.3 is 0 Å². The molecule has 0 radical (unpaired) electrons. The molecule has 122 valence electrons. The van der Waals surface area contributed by atoms with Crippen LogP contribution in [0.3, 0.4) is 0 Å². The van der Waals surface area contributed by atoms with Crippen LogP contribution in [0.1, 0.15) is 36.8 Å². The molecule has 3 nitrogen and oxygen atoms in total. The lowest BCUT2D eigenvalue weighted by Crippen LogP contribution is -2.24. The van der Waals surface area contributed by atoms with Gasteiger partial charge in [0.2, 0.25) is 5.91 Å². The standard InChI is InChI=1S/C19H23FN2O/c20-18-11-9-16(10-12-18)5-1-2-14-22-19(23)8-3-6-17-7-4-13-21-15-17/h4,7,9-13,15H,1-3,5-6,8,14H2,(H,22,23). The van der Waals surface area contributed by atoms with Crippen LogP contribution in [0.5, 0.6) is 0 Å². The van der Waals surface area contributed by atoms with Gasteiger partial charge in [-0.2, -0.15) is 0 Å². The van der Waals surface area contributed by atoms with E-state index in [2.05, 4.69) is 10.3 Å². The first-order valence-electron chi connectivity index (χ1n) is 8.14. The maximum atomic E-state index is 12.8. The molecule has 23 heavy (non-hydrogen) atoms. The molecular weight excluding hydrogens is 291 g/mol. The van der Waals surface area contributed by atoms with E-state index in [1.54, 1.807) is 6.20 Å². The number of rotatable bonds is 9. The smallest absolute Gasteiger partial charge is 0.220 e. The van der Waals surface area contributed by atoms with E-state index >= 15 is 0 Å². The van der Waals surface area contributed by atoms with E-state index in [1.165, 1.54) is 17.7 Å². The minimum absolute atomic E-state index is 0.107. The zero-order valence-corrected chi connectivity index (χ0v) is 13.3. The zero-order valence-electron chi connectivity index (χ0n) is 13.3. The highest BCUT2D eigenvalue weighted by atomic mass is 19.1. The van der Waals surface area contributed by atoms with E-state index in [0.29, 0.717) is 13.0 Å². The predicted molar refractivity (Wildman–Crippen MR) is 89.5 cm³/mol. The van der Waals surface area contributed by atoms with Gasteiger partial charge in [0.1, 0.15) is 5.82 Å². The second-order valence-electron chi connectivity index (χ2n) is 5.65. The third-order valence-electron chi connectivity index (χ3n) is 3.72. The summed E-state index contributed by atoms with van der Waals surface area (Å²) >= 11 is 0. The molecule has 0 fully saturated rings. The van der Waals surface area contributed by atoms with Crippen LogP contribution in [-0.2, 0) is 17.6 Å². The van der Waals surface area contributed by atoms with Crippen LogP contribution in [0.2, 0.25) is 0 Å². The number of aryl methyl sites for hydroxylation is 2. The quantitative estimate of drug-likeness (QED) is 0.717. The third kappa shape index (κ3) is 7.04. The van der Waals surface area contributed by atoms with Gasteiger partial charge < -0.3 is 5.32 Å². The maximum absolute atomic E-state index is 12.8. The summed E-state index contributed by atoms with van der Waals surface area (Å²) < 4.78 is 12.8. The summed E-state index contributed by atoms with van der Waals surface area (Å²) in [6, 6.07) is 10.5. The Balaban J connectivity index is 1.50. The number of benzene rings is 1. The molecule has 0 saturated heterocycles. The van der Waals surface area contributed by atoms with Crippen molar-refractivity contribution in [3.05, 3.63) is 65.7 Å². The van der Waals surface area contributed by atoms with Gasteiger partial charge in [0.25, 0.3) is 0 Å². The van der Waals surface area contributed by atoms with Crippen LogP contribution in [0.25, 0.3) is 0 Å². The van der Waals surface area contributed by atoms with Crippen molar-refractivity contribution in [2.75, 3.05) is 6.54 Å². The first-order chi connectivity index (χ1) is 11.2. The molecule has 0 spiro atoms. The summed E-state index contributed by atoms with van der Waals surface area (Å²) in [5.74, 6) is -0.0945. The molecule has 0 aliphatic rings. The fourth-order valence-electron chi connectivity index (χ4n) is 2.42. The van der Waals surface area contributed by atoms with E-state index < -0.39 is 0 Å². The summed E-state index contributed by atoms with van der Waals surface area (Å²) in [4.78, 5) is 15.8. The van der Waals surface area contributed by atoms with Gasteiger partial charge in [-0.15, -0.1) is 0 Å². The average molecular weight is 314 g/mol. The number of halogens is 1. The van der Waals surface area contributed by atoms with Gasteiger partial charge in [-0.1, -0.05) is 18.2 Å². The lowest BCUT2D eigenvalue weighted by atomic mass is 10.1. The Morgan fingerprint density at radius 3 is 2.52 bits per heavy atom. The van der Waals surface area contributed by atoms with Crippen molar-refractivity contribution in [1.82, 2.24) is 10.3 Å². The molecule has 1 aromatic heterocycles. The summed E-state index contributed by atoms with van der Waals surface area (Å²) in [6.45, 7) is 0.701. The van der Waals surface area contributed by atoms with Crippen molar-refractivity contribution in [2.24, 2.45) is 0 Å². The first-order valence-corrected chi connectivity index (χ1v) is 8.14. The Morgan fingerprint density at radius 2 is 1.78 bits per heavy atom. The minimum Gasteiger partial charge on any atom is -0.356 e. The van der Waals surface area contributed by atoms with Crippen molar-refractivity contribution in [3.63, 3.8) is 0 Å². The van der Waals surface area contributed by atoms with E-state index in [0.717, 1.165) is 37.7 Å². The normalized spacial score (nSPS) is 10.5. The molecule has 2 aromatic rings. The molecule has 0 atom stereocenters. The molecule has 0 saturated carbocycles. The molecule has 1 heterocycles. The lowest BCUT2D eigenvalue weighted by Gasteiger charge is -2.06. The average Bonchev–Trinajstić information content (AvgIpc) is 2.57. The number of aromatic nitrogens is 1. The van der Waals surface area contributed by atoms with Crippen molar-refractivity contribution < 1.29 is 9.18 Å². The van der Waals surface area contributed by atoms with Crippen LogP contribution in [0.15, 0.2) is 48.8 Å². The Kier molecular flexibility index (Phi) is 7.24. The Bertz CT molecular complexity index is 584. The summed E-state index contributed by atoms with van der Waals surface area (Å²) in [5.41, 5.74) is 2.30. The topological polar surface area (TPSA) is 42.0 Å². The van der Waals surface area contributed by atoms with Crippen molar-refractivity contribution in [3.8, 4) is 0 Å². The van der Waals surface area contributed by atoms with E-state index in [9.17, 15) is 9.18 Å². The highest BCUT2D eigenvalue weighted by Crippen LogP contribution is 2.07. The SMILES string of the molecule is O=C(CCCc1cccnc1)NCCCCc1ccc(F)cc1. The number of carbonyl (C=O) groups is 1. The van der Waals surface area contributed by atoms with Gasteiger partial charge in [0, 0.05) is 25.4 Å². The van der Waals surface area contributed by atoms with E-state index in [-0.39, 0.29) is 11.7 Å². The molecule has 1 amide bonds. The van der Waals surface area contributed by atoms with Gasteiger partial charge in [0.15, 0.2) is 0 Å². The number of amides is 1. The second kappa shape index (κ2) is 9.72. The van der Waals surface area contributed by atoms with Crippen LogP contribution in [0.4, 0.5) is 4.39 Å². The van der Waals surface area contributed by atoms with Crippen LogP contribution in [0, 0.1) is 5.82 Å². The number of unbranched alkanes of at least 4 members (excludes halogenated alkanes) is 1. The Morgan fingerprint density at radius 1 is 1.00 bits per heavy atom. The van der Waals surface area contributed by atoms with E-state index in [1.807, 2.05) is 30.5 Å². The largest absolute Gasteiger partial charge is 0.356 e. The zero-order chi connectivity index (χ0) is 16.3. The minimum atomic E-state index is -0.202. The predicted octanol–water partition coefficient (Wildman–Crippen LogP) is 3.68. The van der Waals surface area contributed by atoms with Crippen molar-refractivity contribution in [2.45, 2.75) is 38.5 Å². The molecule has 1 aromatic carbocycles. The van der Waals surface area contributed by atoms with Crippen LogP contribution in [-0.4, -0.2) is 17.4 Å². The lowest BCUT2D eigenvalue weighted by molar-refractivity contribution is -0.121. The number of pyridine rings is 1. The number of nitrogens with zero attached hydrogens (tertiary/aromatic N) is 1. The summed E-state index contributed by atoms with van der Waals surface area (Å²) in [6.07, 6.45) is 8.70. The number of hydrogen-bond acceptors (Lipinski definition) is 2. The maximum Gasteiger partial charge on any atom is 0.220 e. The first kappa shape index (κ1) is 17.1. The number of nitrogens with one attached hydrogen (secondary N) is 1. The molecule has 0 unspecified atom stereocenters. The fourth-order valence-corrected chi connectivity index (χ4v) is 2.42. The molecule has 0 aliphatic carbocycles. The highest BCUT2D eigenvalue weighted by molar-refractivity contribution is 5.75. The molecule has 2 rings (SSSR count). The Hall–Kier alpha value is -2.23. The van der Waals surface area contributed by atoms with Crippen molar-refractivity contribution in [1.29, 1.82) is 0 Å². The molecule has 4 heteroatoms. The molecular formula is C19H23FN2O. The molecule has 0 aliphatic heterocycles. The summed E-state index contributed by atoms with van der Waals surface area (Å²) in [5, 5.41) is 2.95. The van der Waals surface area contributed by atoms with Gasteiger partial charge in [-0.25, -0.2) is 4.39 Å². The number of carbonyl (C=O) groups excluding carboxylic acids is 1. The van der Waals surface area contributed by atoms with Crippen LogP contribution < -0.4 is 5.32 Å². The third-order valence-corrected chi connectivity index (χ3v) is 3.72. The van der Waals surface area contributed by atoms with Gasteiger partial charge in [-0.05, 0) is 61.4 Å². The second-order valence-corrected chi connectivity index (χ2v) is 5.65. The highest BCUT2D eigenvalue weighted by Gasteiger charge is 2.01. The summed E-state index contributed by atoms with van der Waals surface area (Å²) in [7, 11) is 0. The van der Waals surface area contributed by atoms with Gasteiger partial charge in [-0.3, -0.25) is 9.78 Å². The van der Waals surface area contributed by atoms with Crippen LogP contribution >= 0.6 is 0 Å².